The highest BCUT2D eigenvalue weighted by atomic mass is 32.1. The number of fused-ring (bicyclic) bond motifs is 1. The molecule has 0 saturated carbocycles. The quantitative estimate of drug-likeness (QED) is 0.711. The molecule has 0 aromatic carbocycles. The third-order valence-corrected chi connectivity index (χ3v) is 3.39. The van der Waals surface area contributed by atoms with Crippen molar-refractivity contribution in [2.45, 2.75) is 6.42 Å². The van der Waals surface area contributed by atoms with Crippen molar-refractivity contribution < 1.29 is 4.74 Å². The molecule has 3 rings (SSSR count). The second-order valence-electron chi connectivity index (χ2n) is 3.68. The summed E-state index contributed by atoms with van der Waals surface area (Å²) in [4.78, 5) is 5.06. The zero-order valence-electron chi connectivity index (χ0n) is 9.78. The summed E-state index contributed by atoms with van der Waals surface area (Å²) in [5, 5.41) is 13.5. The minimum Gasteiger partial charge on any atom is -0.384 e. The fourth-order valence-electron chi connectivity index (χ4n) is 1.60. The van der Waals surface area contributed by atoms with Gasteiger partial charge in [-0.2, -0.15) is 9.61 Å². The standard InChI is InChI=1S/C11H11N5OS/c1-17-7-5-9-13-14-11-16(9)15-10(18-11)8-4-2-3-6-12-8/h2-4,6H,5,7H2,1H3. The summed E-state index contributed by atoms with van der Waals surface area (Å²) < 4.78 is 6.80. The summed E-state index contributed by atoms with van der Waals surface area (Å²) in [6, 6.07) is 5.75. The van der Waals surface area contributed by atoms with Gasteiger partial charge in [-0.15, -0.1) is 10.2 Å². The molecule has 0 aliphatic rings. The summed E-state index contributed by atoms with van der Waals surface area (Å²) in [5.41, 5.74) is 0.852. The Bertz CT molecular complexity index is 648. The second-order valence-corrected chi connectivity index (χ2v) is 4.63. The highest BCUT2D eigenvalue weighted by molar-refractivity contribution is 7.19. The van der Waals surface area contributed by atoms with Gasteiger partial charge in [0, 0.05) is 19.7 Å². The van der Waals surface area contributed by atoms with Crippen molar-refractivity contribution in [2.24, 2.45) is 0 Å². The zero-order chi connectivity index (χ0) is 12.4. The number of ether oxygens (including phenoxy) is 1. The number of pyridine rings is 1. The first-order chi connectivity index (χ1) is 8.88. The van der Waals surface area contributed by atoms with Gasteiger partial charge in [-0.25, -0.2) is 0 Å². The Labute approximate surface area is 107 Å². The molecule has 0 aliphatic carbocycles. The number of aromatic nitrogens is 5. The second kappa shape index (κ2) is 4.79. The van der Waals surface area contributed by atoms with Crippen LogP contribution in [0.2, 0.25) is 0 Å². The Morgan fingerprint density at radius 2 is 2.28 bits per heavy atom. The van der Waals surface area contributed by atoms with E-state index in [9.17, 15) is 0 Å². The van der Waals surface area contributed by atoms with Crippen molar-refractivity contribution in [3.05, 3.63) is 30.2 Å². The Morgan fingerprint density at radius 3 is 3.06 bits per heavy atom. The average Bonchev–Trinajstić information content (AvgIpc) is 2.98. The van der Waals surface area contributed by atoms with E-state index in [2.05, 4.69) is 20.3 Å². The lowest BCUT2D eigenvalue weighted by atomic mass is 10.4. The molecule has 18 heavy (non-hydrogen) atoms. The van der Waals surface area contributed by atoms with Crippen molar-refractivity contribution in [3.63, 3.8) is 0 Å². The number of methoxy groups -OCH3 is 1. The van der Waals surface area contributed by atoms with Crippen LogP contribution in [0.25, 0.3) is 15.7 Å². The molecule has 0 bridgehead atoms. The molecule has 0 N–H and O–H groups in total. The largest absolute Gasteiger partial charge is 0.384 e. The predicted octanol–water partition coefficient (Wildman–Crippen LogP) is 1.44. The molecular formula is C11H11N5OS. The predicted molar refractivity (Wildman–Crippen MR) is 67.5 cm³/mol. The molecule has 0 unspecified atom stereocenters. The van der Waals surface area contributed by atoms with E-state index in [0.717, 1.165) is 21.5 Å². The monoisotopic (exact) mass is 261 g/mol. The van der Waals surface area contributed by atoms with Crippen LogP contribution in [-0.4, -0.2) is 38.5 Å². The molecule has 0 saturated heterocycles. The minimum atomic E-state index is 0.608. The lowest BCUT2D eigenvalue weighted by Gasteiger charge is -1.95. The number of rotatable bonds is 4. The van der Waals surface area contributed by atoms with Crippen molar-refractivity contribution in [1.82, 2.24) is 24.8 Å². The van der Waals surface area contributed by atoms with Gasteiger partial charge < -0.3 is 4.74 Å². The Kier molecular flexibility index (Phi) is 2.99. The Balaban J connectivity index is 1.99. The van der Waals surface area contributed by atoms with Gasteiger partial charge in [0.25, 0.3) is 0 Å². The van der Waals surface area contributed by atoms with Gasteiger partial charge in [-0.05, 0) is 12.1 Å². The fraction of sp³-hybridized carbons (Fsp3) is 0.273. The average molecular weight is 261 g/mol. The molecule has 0 radical (unpaired) electrons. The van der Waals surface area contributed by atoms with Crippen LogP contribution in [0, 0.1) is 0 Å². The van der Waals surface area contributed by atoms with Gasteiger partial charge in [0.2, 0.25) is 4.96 Å². The third kappa shape index (κ3) is 1.98. The van der Waals surface area contributed by atoms with Crippen molar-refractivity contribution >= 4 is 16.3 Å². The number of nitrogens with zero attached hydrogens (tertiary/aromatic N) is 5. The van der Waals surface area contributed by atoms with Crippen molar-refractivity contribution in [2.75, 3.05) is 13.7 Å². The molecule has 7 heteroatoms. The maximum atomic E-state index is 5.04. The van der Waals surface area contributed by atoms with E-state index in [4.69, 9.17) is 4.74 Å². The van der Waals surface area contributed by atoms with Gasteiger partial charge in [0.15, 0.2) is 10.8 Å². The molecule has 6 nitrogen and oxygen atoms in total. The molecule has 0 spiro atoms. The summed E-state index contributed by atoms with van der Waals surface area (Å²) in [5.74, 6) is 0.810. The normalized spacial score (nSPS) is 11.2. The van der Waals surface area contributed by atoms with Gasteiger partial charge in [0.1, 0.15) is 5.69 Å². The highest BCUT2D eigenvalue weighted by Crippen LogP contribution is 2.23. The van der Waals surface area contributed by atoms with Gasteiger partial charge in [-0.3, -0.25) is 4.98 Å². The molecule has 0 amide bonds. The van der Waals surface area contributed by atoms with Crippen LogP contribution in [-0.2, 0) is 11.2 Å². The van der Waals surface area contributed by atoms with E-state index in [-0.39, 0.29) is 0 Å². The van der Waals surface area contributed by atoms with Gasteiger partial charge in [0.05, 0.1) is 6.61 Å². The topological polar surface area (TPSA) is 65.2 Å². The van der Waals surface area contributed by atoms with E-state index in [1.807, 2.05) is 18.2 Å². The zero-order valence-corrected chi connectivity index (χ0v) is 10.6. The van der Waals surface area contributed by atoms with Crippen LogP contribution in [0.5, 0.6) is 0 Å². The SMILES string of the molecule is COCCc1nnc2sc(-c3ccccn3)nn12. The molecule has 3 aromatic heterocycles. The van der Waals surface area contributed by atoms with Crippen LogP contribution in [0.3, 0.4) is 0 Å². The lowest BCUT2D eigenvalue weighted by molar-refractivity contribution is 0.200. The first-order valence-electron chi connectivity index (χ1n) is 5.50. The van der Waals surface area contributed by atoms with Gasteiger partial charge >= 0.3 is 0 Å². The smallest absolute Gasteiger partial charge is 0.235 e. The molecular weight excluding hydrogens is 250 g/mol. The van der Waals surface area contributed by atoms with Crippen LogP contribution in [0.15, 0.2) is 24.4 Å². The molecule has 92 valence electrons. The van der Waals surface area contributed by atoms with E-state index in [0.29, 0.717) is 13.0 Å². The summed E-state index contributed by atoms with van der Waals surface area (Å²) in [7, 11) is 1.67. The van der Waals surface area contributed by atoms with E-state index < -0.39 is 0 Å². The highest BCUT2D eigenvalue weighted by Gasteiger charge is 2.12. The number of hydrogen-bond donors (Lipinski definition) is 0. The Hall–Kier alpha value is -1.86. The van der Waals surface area contributed by atoms with Crippen LogP contribution in [0.1, 0.15) is 5.82 Å². The minimum absolute atomic E-state index is 0.608. The van der Waals surface area contributed by atoms with Crippen molar-refractivity contribution in [1.29, 1.82) is 0 Å². The van der Waals surface area contributed by atoms with E-state index in [1.165, 1.54) is 11.3 Å². The summed E-state index contributed by atoms with van der Waals surface area (Å²) in [6.45, 7) is 0.608. The summed E-state index contributed by atoms with van der Waals surface area (Å²) >= 11 is 1.48. The van der Waals surface area contributed by atoms with Crippen molar-refractivity contribution in [3.8, 4) is 10.7 Å². The van der Waals surface area contributed by atoms with E-state index in [1.54, 1.807) is 17.8 Å². The van der Waals surface area contributed by atoms with Crippen LogP contribution in [0.4, 0.5) is 0 Å². The first-order valence-corrected chi connectivity index (χ1v) is 6.31. The van der Waals surface area contributed by atoms with Crippen LogP contribution >= 0.6 is 11.3 Å². The number of hydrogen-bond acceptors (Lipinski definition) is 6. The first kappa shape index (κ1) is 11.2. The molecule has 0 fully saturated rings. The lowest BCUT2D eigenvalue weighted by Crippen LogP contribution is -2.01. The van der Waals surface area contributed by atoms with Gasteiger partial charge in [-0.1, -0.05) is 17.4 Å². The third-order valence-electron chi connectivity index (χ3n) is 2.47. The molecule has 0 atom stereocenters. The molecule has 3 aromatic rings. The molecule has 3 heterocycles. The van der Waals surface area contributed by atoms with Crippen LogP contribution < -0.4 is 0 Å². The Morgan fingerprint density at radius 1 is 1.33 bits per heavy atom. The maximum Gasteiger partial charge on any atom is 0.235 e. The maximum absolute atomic E-state index is 5.04. The van der Waals surface area contributed by atoms with E-state index >= 15 is 0 Å². The molecule has 0 aliphatic heterocycles. The summed E-state index contributed by atoms with van der Waals surface area (Å²) in [6.07, 6.45) is 2.45. The fourth-order valence-corrected chi connectivity index (χ4v) is 2.43.